The highest BCUT2D eigenvalue weighted by atomic mass is 16.5. The molecule has 1 fully saturated rings. The first-order chi connectivity index (χ1) is 15.7. The zero-order valence-electron chi connectivity index (χ0n) is 18.1. The van der Waals surface area contributed by atoms with Gasteiger partial charge in [0.25, 0.3) is 0 Å². The van der Waals surface area contributed by atoms with Crippen LogP contribution >= 0.6 is 0 Å². The molecule has 0 unspecified atom stereocenters. The van der Waals surface area contributed by atoms with Crippen molar-refractivity contribution in [2.45, 2.75) is 31.7 Å². The molecule has 2 heterocycles. The topological polar surface area (TPSA) is 137 Å². The van der Waals surface area contributed by atoms with Crippen LogP contribution in [0.4, 0.5) is 17.5 Å². The fourth-order valence-electron chi connectivity index (χ4n) is 4.03. The third-order valence-corrected chi connectivity index (χ3v) is 5.58. The number of hydrogen-bond acceptors (Lipinski definition) is 8. The van der Waals surface area contributed by atoms with Crippen LogP contribution in [0.5, 0.6) is 5.75 Å². The minimum absolute atomic E-state index is 0.351. The van der Waals surface area contributed by atoms with Gasteiger partial charge in [0.1, 0.15) is 23.3 Å². The number of H-pyrrole nitrogens is 1. The molecule has 32 heavy (non-hydrogen) atoms. The number of nitrogens with zero attached hydrogens (tertiary/aromatic N) is 4. The van der Waals surface area contributed by atoms with Gasteiger partial charge in [0, 0.05) is 36.6 Å². The van der Waals surface area contributed by atoms with E-state index in [1.165, 1.54) is 19.0 Å². The summed E-state index contributed by atoms with van der Waals surface area (Å²) in [4.78, 5) is 16.6. The molecule has 1 aromatic carbocycles. The molecule has 9 nitrogen and oxygen atoms in total. The number of aliphatic imine (C=N–C) groups is 1. The number of anilines is 3. The average Bonchev–Trinajstić information content (AvgIpc) is 3.47. The van der Waals surface area contributed by atoms with Crippen molar-refractivity contribution in [3.63, 3.8) is 0 Å². The summed E-state index contributed by atoms with van der Waals surface area (Å²) in [5.74, 6) is 1.73. The standard InChI is InChI=1S/C23H26N8O/c1-26-18(9-10-24)17-8-7-16(11-19(17)32-2)29-23-30-21-20(14(12-25)13-27-21)22(31-23)28-15-5-3-4-6-15/h7-11,13,15H,3-6,24H2,1-2H3,(H3,27,28,29,30,31). The first-order valence-corrected chi connectivity index (χ1v) is 10.5. The van der Waals surface area contributed by atoms with Crippen LogP contribution < -0.4 is 21.1 Å². The van der Waals surface area contributed by atoms with E-state index >= 15 is 0 Å². The lowest BCUT2D eigenvalue weighted by Crippen LogP contribution is -2.16. The SMILES string of the molecule is CN=C(C=CN)c1ccc(Nc2nc(NC3CCCC3)c3c(C#N)c[nH]c3n2)cc1OC. The maximum Gasteiger partial charge on any atom is 0.231 e. The summed E-state index contributed by atoms with van der Waals surface area (Å²) in [5.41, 5.74) is 8.97. The Morgan fingerprint density at radius 2 is 2.16 bits per heavy atom. The third kappa shape index (κ3) is 4.21. The van der Waals surface area contributed by atoms with Gasteiger partial charge in [0.2, 0.25) is 5.95 Å². The van der Waals surface area contributed by atoms with Crippen LogP contribution in [-0.4, -0.2) is 40.9 Å². The van der Waals surface area contributed by atoms with E-state index in [2.05, 4.69) is 31.7 Å². The molecule has 1 aliphatic carbocycles. The average molecular weight is 431 g/mol. The number of hydrogen-bond donors (Lipinski definition) is 4. The maximum atomic E-state index is 9.50. The van der Waals surface area contributed by atoms with E-state index in [1.54, 1.807) is 26.4 Å². The van der Waals surface area contributed by atoms with Gasteiger partial charge in [-0.05, 0) is 37.3 Å². The van der Waals surface area contributed by atoms with Crippen LogP contribution in [0.15, 0.2) is 41.7 Å². The van der Waals surface area contributed by atoms with Crippen LogP contribution in [-0.2, 0) is 0 Å². The quantitative estimate of drug-likeness (QED) is 0.418. The van der Waals surface area contributed by atoms with Crippen molar-refractivity contribution in [2.75, 3.05) is 24.8 Å². The fraction of sp³-hybridized carbons (Fsp3) is 0.304. The Kier molecular flexibility index (Phi) is 6.22. The zero-order chi connectivity index (χ0) is 22.5. The second-order valence-electron chi connectivity index (χ2n) is 7.57. The molecule has 5 N–H and O–H groups in total. The summed E-state index contributed by atoms with van der Waals surface area (Å²) >= 11 is 0. The molecule has 0 spiro atoms. The highest BCUT2D eigenvalue weighted by molar-refractivity contribution is 6.10. The molecule has 1 aliphatic rings. The van der Waals surface area contributed by atoms with Gasteiger partial charge >= 0.3 is 0 Å². The lowest BCUT2D eigenvalue weighted by molar-refractivity contribution is 0.414. The Bertz CT molecular complexity index is 1210. The first-order valence-electron chi connectivity index (χ1n) is 10.5. The molecular weight excluding hydrogens is 404 g/mol. The zero-order valence-corrected chi connectivity index (χ0v) is 18.1. The normalized spacial score (nSPS) is 14.7. The minimum Gasteiger partial charge on any atom is -0.496 e. The Morgan fingerprint density at radius 3 is 2.84 bits per heavy atom. The molecule has 0 bridgehead atoms. The van der Waals surface area contributed by atoms with Gasteiger partial charge < -0.3 is 26.1 Å². The first kappa shape index (κ1) is 21.2. The third-order valence-electron chi connectivity index (χ3n) is 5.58. The summed E-state index contributed by atoms with van der Waals surface area (Å²) < 4.78 is 5.56. The highest BCUT2D eigenvalue weighted by Crippen LogP contribution is 2.31. The predicted octanol–water partition coefficient (Wildman–Crippen LogP) is 3.83. The number of aromatic amines is 1. The fourth-order valence-corrected chi connectivity index (χ4v) is 4.03. The van der Waals surface area contributed by atoms with E-state index in [1.807, 2.05) is 18.2 Å². The maximum absolute atomic E-state index is 9.50. The van der Waals surface area contributed by atoms with Crippen molar-refractivity contribution in [1.82, 2.24) is 15.0 Å². The second-order valence-corrected chi connectivity index (χ2v) is 7.57. The molecule has 164 valence electrons. The second kappa shape index (κ2) is 9.39. The lowest BCUT2D eigenvalue weighted by Gasteiger charge is -2.15. The summed E-state index contributed by atoms with van der Waals surface area (Å²) in [6.07, 6.45) is 9.42. The van der Waals surface area contributed by atoms with Gasteiger partial charge in [0.05, 0.1) is 23.8 Å². The summed E-state index contributed by atoms with van der Waals surface area (Å²) in [6, 6.07) is 8.24. The monoisotopic (exact) mass is 430 g/mol. The van der Waals surface area contributed by atoms with Crippen LogP contribution in [0.3, 0.4) is 0 Å². The van der Waals surface area contributed by atoms with Crippen LogP contribution in [0.1, 0.15) is 36.8 Å². The largest absolute Gasteiger partial charge is 0.496 e. The molecule has 4 rings (SSSR count). The molecule has 0 atom stereocenters. The summed E-state index contributed by atoms with van der Waals surface area (Å²) in [6.45, 7) is 0. The summed E-state index contributed by atoms with van der Waals surface area (Å²) in [7, 11) is 3.31. The molecule has 0 saturated heterocycles. The van der Waals surface area contributed by atoms with Gasteiger partial charge in [0.15, 0.2) is 0 Å². The van der Waals surface area contributed by atoms with Crippen LogP contribution in [0, 0.1) is 11.3 Å². The number of aromatic nitrogens is 3. The van der Waals surface area contributed by atoms with E-state index in [9.17, 15) is 5.26 Å². The number of rotatable bonds is 7. The van der Waals surface area contributed by atoms with E-state index in [0.29, 0.717) is 40.5 Å². The molecule has 0 amide bonds. The lowest BCUT2D eigenvalue weighted by atomic mass is 10.1. The number of allylic oxidation sites excluding steroid dienone is 1. The molecule has 0 radical (unpaired) electrons. The molecular formula is C23H26N8O. The summed E-state index contributed by atoms with van der Waals surface area (Å²) in [5, 5.41) is 17.0. The van der Waals surface area contributed by atoms with Gasteiger partial charge in [-0.15, -0.1) is 0 Å². The van der Waals surface area contributed by atoms with Crippen molar-refractivity contribution >= 4 is 34.2 Å². The van der Waals surface area contributed by atoms with E-state index in [4.69, 9.17) is 15.5 Å². The van der Waals surface area contributed by atoms with Crippen molar-refractivity contribution in [3.05, 3.63) is 47.8 Å². The number of methoxy groups -OCH3 is 1. The van der Waals surface area contributed by atoms with Crippen LogP contribution in [0.2, 0.25) is 0 Å². The molecule has 2 aromatic heterocycles. The van der Waals surface area contributed by atoms with Gasteiger partial charge in [-0.3, -0.25) is 4.99 Å². The van der Waals surface area contributed by atoms with Gasteiger partial charge in [-0.1, -0.05) is 12.8 Å². The van der Waals surface area contributed by atoms with Gasteiger partial charge in [-0.25, -0.2) is 0 Å². The van der Waals surface area contributed by atoms with Crippen molar-refractivity contribution in [3.8, 4) is 11.8 Å². The highest BCUT2D eigenvalue weighted by Gasteiger charge is 2.20. The van der Waals surface area contributed by atoms with Crippen molar-refractivity contribution in [1.29, 1.82) is 5.26 Å². The Morgan fingerprint density at radius 1 is 1.34 bits per heavy atom. The Hall–Kier alpha value is -4.06. The molecule has 0 aliphatic heterocycles. The smallest absolute Gasteiger partial charge is 0.231 e. The number of nitrogens with two attached hydrogens (primary N) is 1. The Balaban J connectivity index is 1.69. The number of ether oxygens (including phenoxy) is 1. The molecule has 1 saturated carbocycles. The Labute approximate surface area is 186 Å². The number of nitriles is 1. The number of fused-ring (bicyclic) bond motifs is 1. The van der Waals surface area contributed by atoms with Gasteiger partial charge in [-0.2, -0.15) is 15.2 Å². The number of benzene rings is 1. The van der Waals surface area contributed by atoms with Crippen molar-refractivity contribution in [2.24, 2.45) is 10.7 Å². The van der Waals surface area contributed by atoms with E-state index < -0.39 is 0 Å². The molecule has 9 heteroatoms. The van der Waals surface area contributed by atoms with Crippen molar-refractivity contribution < 1.29 is 4.74 Å². The molecule has 3 aromatic rings. The van der Waals surface area contributed by atoms with E-state index in [0.717, 1.165) is 29.5 Å². The predicted molar refractivity (Wildman–Crippen MR) is 127 cm³/mol. The van der Waals surface area contributed by atoms with Crippen LogP contribution in [0.25, 0.3) is 11.0 Å². The van der Waals surface area contributed by atoms with E-state index in [-0.39, 0.29) is 0 Å². The number of nitrogens with one attached hydrogen (secondary N) is 3. The minimum atomic E-state index is 0.351.